The van der Waals surface area contributed by atoms with E-state index in [1.807, 2.05) is 36.7 Å². The fourth-order valence-corrected chi connectivity index (χ4v) is 2.17. The topological polar surface area (TPSA) is 67.2 Å². The molecule has 0 spiro atoms. The van der Waals surface area contributed by atoms with Crippen LogP contribution in [-0.4, -0.2) is 32.7 Å². The molecule has 5 heteroatoms. The van der Waals surface area contributed by atoms with Crippen LogP contribution in [0.2, 0.25) is 0 Å². The highest BCUT2D eigenvalue weighted by Crippen LogP contribution is 2.19. The third-order valence-corrected chi connectivity index (χ3v) is 4.21. The second kappa shape index (κ2) is 6.75. The number of aliphatic hydroxyl groups is 1. The highest BCUT2D eigenvalue weighted by molar-refractivity contribution is 5.94. The molecule has 0 fully saturated rings. The zero-order chi connectivity index (χ0) is 16.2. The van der Waals surface area contributed by atoms with Gasteiger partial charge in [0, 0.05) is 30.2 Å². The standard InChI is InChI=1S/C17H23N3O2/c1-4-13(2)17(3,22)11-19-16(21)14-5-7-15(8-6-14)20-10-9-18-12-20/h5-10,12-13,22H,4,11H2,1-3H3,(H,19,21). The van der Waals surface area contributed by atoms with Crippen molar-refractivity contribution in [3.05, 3.63) is 48.5 Å². The Morgan fingerprint density at radius 1 is 1.41 bits per heavy atom. The number of amides is 1. The summed E-state index contributed by atoms with van der Waals surface area (Å²) in [6.45, 7) is 6.00. The van der Waals surface area contributed by atoms with Crippen LogP contribution in [0, 0.1) is 5.92 Å². The monoisotopic (exact) mass is 301 g/mol. The van der Waals surface area contributed by atoms with E-state index in [2.05, 4.69) is 10.3 Å². The summed E-state index contributed by atoms with van der Waals surface area (Å²) in [5.41, 5.74) is 0.616. The number of hydrogen-bond acceptors (Lipinski definition) is 3. The Morgan fingerprint density at radius 2 is 2.09 bits per heavy atom. The average molecular weight is 301 g/mol. The van der Waals surface area contributed by atoms with E-state index in [1.165, 1.54) is 0 Å². The lowest BCUT2D eigenvalue weighted by Crippen LogP contribution is -2.45. The molecule has 0 aliphatic carbocycles. The molecule has 2 atom stereocenters. The number of carbonyl (C=O) groups excluding carboxylic acids is 1. The number of hydrogen-bond donors (Lipinski definition) is 2. The van der Waals surface area contributed by atoms with Crippen LogP contribution in [0.4, 0.5) is 0 Å². The van der Waals surface area contributed by atoms with Gasteiger partial charge in [0.2, 0.25) is 0 Å². The third kappa shape index (κ3) is 3.74. The van der Waals surface area contributed by atoms with Crippen molar-refractivity contribution < 1.29 is 9.90 Å². The fraction of sp³-hybridized carbons (Fsp3) is 0.412. The molecule has 22 heavy (non-hydrogen) atoms. The lowest BCUT2D eigenvalue weighted by atomic mass is 9.88. The van der Waals surface area contributed by atoms with Crippen molar-refractivity contribution in [3.63, 3.8) is 0 Å². The first-order valence-electron chi connectivity index (χ1n) is 7.53. The minimum absolute atomic E-state index is 0.122. The van der Waals surface area contributed by atoms with Crippen molar-refractivity contribution >= 4 is 5.91 Å². The van der Waals surface area contributed by atoms with Crippen LogP contribution in [-0.2, 0) is 0 Å². The van der Waals surface area contributed by atoms with E-state index in [4.69, 9.17) is 0 Å². The second-order valence-electron chi connectivity index (χ2n) is 5.87. The summed E-state index contributed by atoms with van der Waals surface area (Å²) in [5, 5.41) is 13.1. The summed E-state index contributed by atoms with van der Waals surface area (Å²) in [7, 11) is 0. The van der Waals surface area contributed by atoms with Gasteiger partial charge < -0.3 is 15.0 Å². The lowest BCUT2D eigenvalue weighted by molar-refractivity contribution is 0.00592. The molecule has 0 aliphatic heterocycles. The highest BCUT2D eigenvalue weighted by atomic mass is 16.3. The van der Waals surface area contributed by atoms with Crippen molar-refractivity contribution in [3.8, 4) is 5.69 Å². The summed E-state index contributed by atoms with van der Waals surface area (Å²) in [6.07, 6.45) is 6.12. The fourth-order valence-electron chi connectivity index (χ4n) is 2.17. The molecule has 2 unspecified atom stereocenters. The molecule has 2 rings (SSSR count). The maximum Gasteiger partial charge on any atom is 0.251 e. The lowest BCUT2D eigenvalue weighted by Gasteiger charge is -2.29. The van der Waals surface area contributed by atoms with Crippen LogP contribution >= 0.6 is 0 Å². The van der Waals surface area contributed by atoms with Gasteiger partial charge >= 0.3 is 0 Å². The Bertz CT molecular complexity index is 603. The third-order valence-electron chi connectivity index (χ3n) is 4.21. The summed E-state index contributed by atoms with van der Waals surface area (Å²) in [5.74, 6) is -0.0582. The number of nitrogens with zero attached hydrogens (tertiary/aromatic N) is 2. The van der Waals surface area contributed by atoms with Gasteiger partial charge in [-0.2, -0.15) is 0 Å². The van der Waals surface area contributed by atoms with Crippen LogP contribution < -0.4 is 5.32 Å². The van der Waals surface area contributed by atoms with Gasteiger partial charge in [-0.05, 0) is 37.1 Å². The first kappa shape index (κ1) is 16.2. The number of nitrogens with one attached hydrogen (secondary N) is 1. The Balaban J connectivity index is 1.99. The van der Waals surface area contributed by atoms with E-state index >= 15 is 0 Å². The van der Waals surface area contributed by atoms with Crippen molar-refractivity contribution in [1.82, 2.24) is 14.9 Å². The smallest absolute Gasteiger partial charge is 0.251 e. The normalized spacial score (nSPS) is 15.1. The summed E-state index contributed by atoms with van der Waals surface area (Å²) < 4.78 is 1.87. The first-order valence-corrected chi connectivity index (χ1v) is 7.53. The Morgan fingerprint density at radius 3 is 2.64 bits per heavy atom. The first-order chi connectivity index (χ1) is 10.4. The minimum atomic E-state index is -0.902. The van der Waals surface area contributed by atoms with Gasteiger partial charge in [0.25, 0.3) is 5.91 Å². The Kier molecular flexibility index (Phi) is 4.98. The van der Waals surface area contributed by atoms with Gasteiger partial charge in [-0.15, -0.1) is 0 Å². The van der Waals surface area contributed by atoms with E-state index in [0.717, 1.165) is 12.1 Å². The maximum atomic E-state index is 12.2. The molecule has 0 bridgehead atoms. The van der Waals surface area contributed by atoms with Crippen LogP contribution in [0.3, 0.4) is 0 Å². The van der Waals surface area contributed by atoms with Gasteiger partial charge in [-0.1, -0.05) is 20.3 Å². The predicted octanol–water partition coefficient (Wildman–Crippen LogP) is 2.40. The molecule has 118 valence electrons. The molecule has 1 aromatic heterocycles. The summed E-state index contributed by atoms with van der Waals surface area (Å²) in [6, 6.07) is 7.26. The molecule has 0 saturated heterocycles. The Labute approximate surface area is 131 Å². The number of imidazole rings is 1. The second-order valence-corrected chi connectivity index (χ2v) is 5.87. The van der Waals surface area contributed by atoms with Crippen molar-refractivity contribution in [1.29, 1.82) is 0 Å². The van der Waals surface area contributed by atoms with Gasteiger partial charge in [0.1, 0.15) is 0 Å². The van der Waals surface area contributed by atoms with Crippen LogP contribution in [0.5, 0.6) is 0 Å². The van der Waals surface area contributed by atoms with Gasteiger partial charge in [0.15, 0.2) is 0 Å². The molecule has 1 amide bonds. The number of carbonyl (C=O) groups is 1. The van der Waals surface area contributed by atoms with Crippen molar-refractivity contribution in [2.45, 2.75) is 32.8 Å². The zero-order valence-electron chi connectivity index (χ0n) is 13.3. The Hall–Kier alpha value is -2.14. The molecule has 2 N–H and O–H groups in total. The van der Waals surface area contributed by atoms with E-state index in [-0.39, 0.29) is 18.4 Å². The number of rotatable bonds is 6. The molecule has 0 aliphatic rings. The quantitative estimate of drug-likeness (QED) is 0.861. The van der Waals surface area contributed by atoms with Crippen LogP contribution in [0.25, 0.3) is 5.69 Å². The largest absolute Gasteiger partial charge is 0.388 e. The molecular formula is C17H23N3O2. The summed E-state index contributed by atoms with van der Waals surface area (Å²) >= 11 is 0. The van der Waals surface area contributed by atoms with Gasteiger partial charge in [-0.25, -0.2) is 4.98 Å². The average Bonchev–Trinajstić information content (AvgIpc) is 3.06. The molecule has 1 heterocycles. The SMILES string of the molecule is CCC(C)C(C)(O)CNC(=O)c1ccc(-n2ccnc2)cc1. The minimum Gasteiger partial charge on any atom is -0.388 e. The molecule has 0 saturated carbocycles. The van der Waals surface area contributed by atoms with Crippen molar-refractivity contribution in [2.75, 3.05) is 6.54 Å². The number of aromatic nitrogens is 2. The summed E-state index contributed by atoms with van der Waals surface area (Å²) in [4.78, 5) is 16.2. The van der Waals surface area contributed by atoms with E-state index < -0.39 is 5.60 Å². The molecular weight excluding hydrogens is 278 g/mol. The van der Waals surface area contributed by atoms with Gasteiger partial charge in [0.05, 0.1) is 11.9 Å². The highest BCUT2D eigenvalue weighted by Gasteiger charge is 2.27. The predicted molar refractivity (Wildman–Crippen MR) is 86.0 cm³/mol. The van der Waals surface area contributed by atoms with E-state index in [9.17, 15) is 9.90 Å². The maximum absolute atomic E-state index is 12.2. The molecule has 2 aromatic rings. The molecule has 5 nitrogen and oxygen atoms in total. The van der Waals surface area contributed by atoms with E-state index in [1.54, 1.807) is 31.6 Å². The van der Waals surface area contributed by atoms with E-state index in [0.29, 0.717) is 5.56 Å². The zero-order valence-corrected chi connectivity index (χ0v) is 13.3. The molecule has 1 aromatic carbocycles. The number of benzene rings is 1. The van der Waals surface area contributed by atoms with Crippen LogP contribution in [0.1, 0.15) is 37.6 Å². The van der Waals surface area contributed by atoms with Crippen LogP contribution in [0.15, 0.2) is 43.0 Å². The molecule has 0 radical (unpaired) electrons. The van der Waals surface area contributed by atoms with Gasteiger partial charge in [-0.3, -0.25) is 4.79 Å². The van der Waals surface area contributed by atoms with Crippen molar-refractivity contribution in [2.24, 2.45) is 5.92 Å².